The molecule has 0 aromatic carbocycles. The van der Waals surface area contributed by atoms with Crippen LogP contribution >= 0.6 is 0 Å². The lowest BCUT2D eigenvalue weighted by Crippen LogP contribution is -2.27. The summed E-state index contributed by atoms with van der Waals surface area (Å²) in [6, 6.07) is 0. The third-order valence-electron chi connectivity index (χ3n) is 3.16. The standard InChI is InChI=1S/C12H18N2O/c1-9-4-6-12(15,7-5-9)11-8-14(3)13-10(11)2/h4,6,8-9,15H,5,7H2,1-3H3. The van der Waals surface area contributed by atoms with Gasteiger partial charge < -0.3 is 5.11 Å². The van der Waals surface area contributed by atoms with E-state index in [1.807, 2.05) is 26.2 Å². The van der Waals surface area contributed by atoms with E-state index in [1.165, 1.54) is 0 Å². The van der Waals surface area contributed by atoms with Crippen LogP contribution in [0.2, 0.25) is 0 Å². The number of aromatic nitrogens is 2. The summed E-state index contributed by atoms with van der Waals surface area (Å²) in [4.78, 5) is 0. The smallest absolute Gasteiger partial charge is 0.111 e. The topological polar surface area (TPSA) is 38.0 Å². The van der Waals surface area contributed by atoms with E-state index >= 15 is 0 Å². The molecule has 0 aliphatic heterocycles. The number of aryl methyl sites for hydroxylation is 2. The van der Waals surface area contributed by atoms with Crippen LogP contribution in [0.25, 0.3) is 0 Å². The van der Waals surface area contributed by atoms with E-state index in [1.54, 1.807) is 4.68 Å². The molecule has 0 saturated carbocycles. The Kier molecular flexibility index (Phi) is 2.43. The van der Waals surface area contributed by atoms with Crippen molar-refractivity contribution >= 4 is 0 Å². The van der Waals surface area contributed by atoms with Crippen LogP contribution < -0.4 is 0 Å². The van der Waals surface area contributed by atoms with Crippen molar-refractivity contribution in [1.29, 1.82) is 0 Å². The molecule has 3 nitrogen and oxygen atoms in total. The van der Waals surface area contributed by atoms with Gasteiger partial charge in [0.2, 0.25) is 0 Å². The first-order chi connectivity index (χ1) is 7.01. The molecule has 1 N–H and O–H groups in total. The third-order valence-corrected chi connectivity index (χ3v) is 3.16. The minimum absolute atomic E-state index is 0.572. The normalized spacial score (nSPS) is 30.8. The predicted molar refractivity (Wildman–Crippen MR) is 59.4 cm³/mol. The number of hydrogen-bond acceptors (Lipinski definition) is 2. The molecule has 0 saturated heterocycles. The Morgan fingerprint density at radius 3 is 2.80 bits per heavy atom. The highest BCUT2D eigenvalue weighted by atomic mass is 16.3. The lowest BCUT2D eigenvalue weighted by molar-refractivity contribution is 0.0667. The van der Waals surface area contributed by atoms with Gasteiger partial charge in [-0.2, -0.15) is 5.10 Å². The molecular formula is C12H18N2O. The average molecular weight is 206 g/mol. The Balaban J connectivity index is 2.38. The quantitative estimate of drug-likeness (QED) is 0.713. The molecule has 0 amide bonds. The summed E-state index contributed by atoms with van der Waals surface area (Å²) in [5.74, 6) is 0.572. The van der Waals surface area contributed by atoms with Gasteiger partial charge in [0.1, 0.15) is 5.60 Å². The van der Waals surface area contributed by atoms with E-state index in [-0.39, 0.29) is 0 Å². The van der Waals surface area contributed by atoms with Crippen molar-refractivity contribution in [2.45, 2.75) is 32.3 Å². The number of aliphatic hydroxyl groups is 1. The van der Waals surface area contributed by atoms with Crippen molar-refractivity contribution in [2.24, 2.45) is 13.0 Å². The van der Waals surface area contributed by atoms with E-state index < -0.39 is 5.60 Å². The van der Waals surface area contributed by atoms with Crippen LogP contribution in [0.3, 0.4) is 0 Å². The fraction of sp³-hybridized carbons (Fsp3) is 0.583. The first-order valence-electron chi connectivity index (χ1n) is 5.44. The Labute approximate surface area is 90.4 Å². The van der Waals surface area contributed by atoms with Crippen LogP contribution in [-0.4, -0.2) is 14.9 Å². The molecule has 82 valence electrons. The number of rotatable bonds is 1. The van der Waals surface area contributed by atoms with Gasteiger partial charge in [0.25, 0.3) is 0 Å². The molecule has 2 rings (SSSR count). The molecule has 1 aliphatic rings. The maximum Gasteiger partial charge on any atom is 0.111 e. The highest BCUT2D eigenvalue weighted by molar-refractivity contribution is 5.30. The molecular weight excluding hydrogens is 188 g/mol. The Morgan fingerprint density at radius 2 is 2.33 bits per heavy atom. The lowest BCUT2D eigenvalue weighted by atomic mass is 9.81. The molecule has 0 bridgehead atoms. The molecule has 15 heavy (non-hydrogen) atoms. The summed E-state index contributed by atoms with van der Waals surface area (Å²) in [5, 5.41) is 14.8. The van der Waals surface area contributed by atoms with Crippen LogP contribution in [0.15, 0.2) is 18.3 Å². The van der Waals surface area contributed by atoms with Gasteiger partial charge in [-0.1, -0.05) is 19.1 Å². The van der Waals surface area contributed by atoms with E-state index in [0.717, 1.165) is 24.1 Å². The van der Waals surface area contributed by atoms with E-state index in [9.17, 15) is 5.11 Å². The lowest BCUT2D eigenvalue weighted by Gasteiger charge is -2.29. The van der Waals surface area contributed by atoms with Crippen molar-refractivity contribution in [3.8, 4) is 0 Å². The van der Waals surface area contributed by atoms with Gasteiger partial charge in [-0.15, -0.1) is 0 Å². The summed E-state index contributed by atoms with van der Waals surface area (Å²) in [6.45, 7) is 4.12. The molecule has 1 aromatic heterocycles. The van der Waals surface area contributed by atoms with E-state index in [4.69, 9.17) is 0 Å². The summed E-state index contributed by atoms with van der Waals surface area (Å²) >= 11 is 0. The zero-order valence-corrected chi connectivity index (χ0v) is 9.57. The molecule has 3 heteroatoms. The largest absolute Gasteiger partial charge is 0.381 e. The second-order valence-corrected chi connectivity index (χ2v) is 4.60. The number of hydrogen-bond donors (Lipinski definition) is 1. The molecule has 0 spiro atoms. The van der Waals surface area contributed by atoms with Crippen LogP contribution in [0.5, 0.6) is 0 Å². The molecule has 1 aliphatic carbocycles. The first kappa shape index (κ1) is 10.4. The second kappa shape index (κ2) is 3.49. The van der Waals surface area contributed by atoms with Gasteiger partial charge in [0, 0.05) is 18.8 Å². The van der Waals surface area contributed by atoms with Crippen molar-refractivity contribution < 1.29 is 5.11 Å². The molecule has 0 radical (unpaired) electrons. The number of allylic oxidation sites excluding steroid dienone is 1. The zero-order valence-electron chi connectivity index (χ0n) is 9.57. The highest BCUT2D eigenvalue weighted by Gasteiger charge is 2.32. The van der Waals surface area contributed by atoms with E-state index in [2.05, 4.69) is 18.1 Å². The van der Waals surface area contributed by atoms with Crippen molar-refractivity contribution in [3.63, 3.8) is 0 Å². The van der Waals surface area contributed by atoms with E-state index in [0.29, 0.717) is 5.92 Å². The summed E-state index contributed by atoms with van der Waals surface area (Å²) in [6.07, 6.45) is 7.75. The summed E-state index contributed by atoms with van der Waals surface area (Å²) < 4.78 is 1.76. The summed E-state index contributed by atoms with van der Waals surface area (Å²) in [7, 11) is 1.88. The monoisotopic (exact) mass is 206 g/mol. The molecule has 2 atom stereocenters. The van der Waals surface area contributed by atoms with Gasteiger partial charge in [-0.3, -0.25) is 4.68 Å². The molecule has 1 aromatic rings. The fourth-order valence-electron chi connectivity index (χ4n) is 2.20. The Bertz CT molecular complexity index is 394. The molecule has 1 heterocycles. The Hall–Kier alpha value is -1.09. The minimum atomic E-state index is -0.801. The maximum atomic E-state index is 10.5. The van der Waals surface area contributed by atoms with Gasteiger partial charge in [-0.05, 0) is 25.7 Å². The first-order valence-corrected chi connectivity index (χ1v) is 5.44. The van der Waals surface area contributed by atoms with Gasteiger partial charge in [0.15, 0.2) is 0 Å². The maximum absolute atomic E-state index is 10.5. The van der Waals surface area contributed by atoms with Gasteiger partial charge in [-0.25, -0.2) is 0 Å². The van der Waals surface area contributed by atoms with Gasteiger partial charge in [0.05, 0.1) is 5.69 Å². The molecule has 2 unspecified atom stereocenters. The number of nitrogens with zero attached hydrogens (tertiary/aromatic N) is 2. The van der Waals surface area contributed by atoms with Crippen LogP contribution in [0.4, 0.5) is 0 Å². The van der Waals surface area contributed by atoms with Crippen molar-refractivity contribution in [2.75, 3.05) is 0 Å². The average Bonchev–Trinajstić information content (AvgIpc) is 2.52. The van der Waals surface area contributed by atoms with Crippen molar-refractivity contribution in [3.05, 3.63) is 29.6 Å². The zero-order chi connectivity index (χ0) is 11.1. The highest BCUT2D eigenvalue weighted by Crippen LogP contribution is 2.35. The summed E-state index contributed by atoms with van der Waals surface area (Å²) in [5.41, 5.74) is 1.05. The Morgan fingerprint density at radius 1 is 1.60 bits per heavy atom. The third kappa shape index (κ3) is 1.84. The minimum Gasteiger partial charge on any atom is -0.381 e. The predicted octanol–water partition coefficient (Wildman–Crippen LogP) is 1.90. The fourth-order valence-corrected chi connectivity index (χ4v) is 2.20. The van der Waals surface area contributed by atoms with Crippen molar-refractivity contribution in [1.82, 2.24) is 9.78 Å². The molecule has 0 fully saturated rings. The van der Waals surface area contributed by atoms with Gasteiger partial charge >= 0.3 is 0 Å². The van der Waals surface area contributed by atoms with Crippen LogP contribution in [-0.2, 0) is 12.6 Å². The SMILES string of the molecule is Cc1nn(C)cc1C1(O)C=CC(C)CC1. The van der Waals surface area contributed by atoms with Crippen LogP contribution in [0, 0.1) is 12.8 Å². The van der Waals surface area contributed by atoms with Crippen LogP contribution in [0.1, 0.15) is 31.0 Å². The second-order valence-electron chi connectivity index (χ2n) is 4.60.